The monoisotopic (exact) mass is 426 g/mol. The summed E-state index contributed by atoms with van der Waals surface area (Å²) in [6, 6.07) is 9.25. The molecule has 1 unspecified atom stereocenters. The van der Waals surface area contributed by atoms with E-state index in [1.807, 2.05) is 0 Å². The molecule has 2 aromatic rings. The minimum Gasteiger partial charge on any atom is -0.369 e. The van der Waals surface area contributed by atoms with E-state index >= 15 is 0 Å². The maximum atomic E-state index is 4.82. The zero-order valence-corrected chi connectivity index (χ0v) is 19.0. The van der Waals surface area contributed by atoms with Crippen molar-refractivity contribution in [1.82, 2.24) is 15.6 Å². The summed E-state index contributed by atoms with van der Waals surface area (Å²) in [6.07, 6.45) is 4.60. The van der Waals surface area contributed by atoms with Crippen LogP contribution >= 0.6 is 11.3 Å². The second-order valence-corrected chi connectivity index (χ2v) is 9.07. The molecule has 2 aliphatic heterocycles. The summed E-state index contributed by atoms with van der Waals surface area (Å²) < 4.78 is 0. The van der Waals surface area contributed by atoms with Gasteiger partial charge in [0.2, 0.25) is 0 Å². The van der Waals surface area contributed by atoms with Crippen molar-refractivity contribution in [2.24, 2.45) is 4.99 Å². The molecule has 2 saturated heterocycles. The predicted octanol–water partition coefficient (Wildman–Crippen LogP) is 3.43. The van der Waals surface area contributed by atoms with Crippen LogP contribution in [0.4, 0.5) is 10.8 Å². The highest BCUT2D eigenvalue weighted by Crippen LogP contribution is 2.24. The molecule has 2 fully saturated rings. The number of hydrogen-bond acceptors (Lipinski definition) is 5. The first kappa shape index (κ1) is 21.0. The Morgan fingerprint density at radius 1 is 1.17 bits per heavy atom. The van der Waals surface area contributed by atoms with Crippen molar-refractivity contribution in [1.29, 1.82) is 0 Å². The van der Waals surface area contributed by atoms with Crippen LogP contribution in [-0.2, 0) is 6.42 Å². The molecule has 0 saturated carbocycles. The number of anilines is 2. The van der Waals surface area contributed by atoms with Crippen molar-refractivity contribution in [2.45, 2.75) is 45.6 Å². The molecule has 0 spiro atoms. The number of guanidine groups is 1. The minimum atomic E-state index is 0.421. The van der Waals surface area contributed by atoms with Crippen LogP contribution in [0.1, 0.15) is 37.4 Å². The summed E-state index contributed by atoms with van der Waals surface area (Å²) in [4.78, 5) is 14.5. The molecule has 162 valence electrons. The number of hydrogen-bond donors (Lipinski definition) is 2. The number of benzene rings is 1. The molecule has 7 heteroatoms. The average molecular weight is 427 g/mol. The average Bonchev–Trinajstić information content (AvgIpc) is 3.50. The van der Waals surface area contributed by atoms with E-state index in [4.69, 9.17) is 9.98 Å². The van der Waals surface area contributed by atoms with Gasteiger partial charge in [-0.15, -0.1) is 11.3 Å². The highest BCUT2D eigenvalue weighted by molar-refractivity contribution is 7.13. The lowest BCUT2D eigenvalue weighted by molar-refractivity contribution is 0.649. The number of aryl methyl sites for hydroxylation is 1. The van der Waals surface area contributed by atoms with Gasteiger partial charge in [0.15, 0.2) is 11.1 Å². The molecular weight excluding hydrogens is 392 g/mol. The van der Waals surface area contributed by atoms with Gasteiger partial charge in [-0.1, -0.05) is 17.7 Å². The van der Waals surface area contributed by atoms with E-state index in [0.29, 0.717) is 6.04 Å². The fourth-order valence-corrected chi connectivity index (χ4v) is 5.04. The van der Waals surface area contributed by atoms with Gasteiger partial charge in [-0.05, 0) is 45.2 Å². The van der Waals surface area contributed by atoms with Crippen molar-refractivity contribution in [3.8, 4) is 0 Å². The van der Waals surface area contributed by atoms with Crippen molar-refractivity contribution in [2.75, 3.05) is 49.1 Å². The van der Waals surface area contributed by atoms with Crippen LogP contribution in [0.2, 0.25) is 0 Å². The van der Waals surface area contributed by atoms with Crippen LogP contribution in [0.5, 0.6) is 0 Å². The Hall–Kier alpha value is -2.28. The van der Waals surface area contributed by atoms with Crippen LogP contribution in [0.3, 0.4) is 0 Å². The Labute approximate surface area is 184 Å². The molecule has 30 heavy (non-hydrogen) atoms. The van der Waals surface area contributed by atoms with Crippen LogP contribution in [0.15, 0.2) is 34.6 Å². The first-order valence-corrected chi connectivity index (χ1v) is 12.1. The summed E-state index contributed by atoms with van der Waals surface area (Å²) in [5.41, 5.74) is 3.78. The molecule has 1 aromatic heterocycles. The first-order chi connectivity index (χ1) is 14.7. The van der Waals surface area contributed by atoms with Gasteiger partial charge in [-0.2, -0.15) is 0 Å². The van der Waals surface area contributed by atoms with E-state index in [0.717, 1.165) is 63.8 Å². The van der Waals surface area contributed by atoms with E-state index in [1.165, 1.54) is 29.2 Å². The second-order valence-electron chi connectivity index (χ2n) is 8.24. The Morgan fingerprint density at radius 3 is 2.73 bits per heavy atom. The van der Waals surface area contributed by atoms with Gasteiger partial charge in [0.05, 0.1) is 5.69 Å². The molecule has 0 bridgehead atoms. The van der Waals surface area contributed by atoms with E-state index in [9.17, 15) is 0 Å². The maximum absolute atomic E-state index is 4.82. The number of rotatable bonds is 7. The van der Waals surface area contributed by atoms with Crippen LogP contribution in [0.25, 0.3) is 0 Å². The molecule has 1 aromatic carbocycles. The Kier molecular flexibility index (Phi) is 7.10. The van der Waals surface area contributed by atoms with Gasteiger partial charge in [-0.25, -0.2) is 4.98 Å². The molecule has 0 amide bonds. The van der Waals surface area contributed by atoms with E-state index < -0.39 is 0 Å². The molecule has 4 rings (SSSR count). The van der Waals surface area contributed by atoms with Gasteiger partial charge in [0.1, 0.15) is 0 Å². The van der Waals surface area contributed by atoms with Gasteiger partial charge in [0, 0.05) is 62.8 Å². The van der Waals surface area contributed by atoms with Gasteiger partial charge in [-0.3, -0.25) is 4.99 Å². The fourth-order valence-electron chi connectivity index (χ4n) is 4.13. The largest absolute Gasteiger partial charge is 0.369 e. The molecule has 1 atom stereocenters. The normalized spacial score (nSPS) is 19.5. The SMILES string of the molecule is CCNC(=NCCc1csc(N2CCCC2)n1)NC1CCN(c2ccc(C)cc2)C1. The summed E-state index contributed by atoms with van der Waals surface area (Å²) >= 11 is 1.77. The number of nitrogens with zero attached hydrogens (tertiary/aromatic N) is 4. The number of aliphatic imine (C=N–C) groups is 1. The van der Waals surface area contributed by atoms with E-state index in [-0.39, 0.29) is 0 Å². The zero-order valence-electron chi connectivity index (χ0n) is 18.2. The van der Waals surface area contributed by atoms with Gasteiger partial charge >= 0.3 is 0 Å². The van der Waals surface area contributed by atoms with Crippen molar-refractivity contribution in [3.63, 3.8) is 0 Å². The highest BCUT2D eigenvalue weighted by Gasteiger charge is 2.23. The number of thiazole rings is 1. The third-order valence-electron chi connectivity index (χ3n) is 5.83. The van der Waals surface area contributed by atoms with Crippen LogP contribution < -0.4 is 20.4 Å². The topological polar surface area (TPSA) is 55.8 Å². The molecule has 0 radical (unpaired) electrons. The summed E-state index contributed by atoms with van der Waals surface area (Å²) in [6.45, 7) is 10.3. The molecule has 3 heterocycles. The molecule has 2 aliphatic rings. The molecule has 2 N–H and O–H groups in total. The summed E-state index contributed by atoms with van der Waals surface area (Å²) in [5.74, 6) is 0.920. The predicted molar refractivity (Wildman–Crippen MR) is 128 cm³/mol. The van der Waals surface area contributed by atoms with Crippen molar-refractivity contribution in [3.05, 3.63) is 40.9 Å². The quantitative estimate of drug-likeness (QED) is 0.525. The third kappa shape index (κ3) is 5.45. The maximum Gasteiger partial charge on any atom is 0.191 e. The van der Waals surface area contributed by atoms with Crippen molar-refractivity contribution >= 4 is 28.1 Å². The second kappa shape index (κ2) is 10.2. The standard InChI is InChI=1S/C23H34N6S/c1-3-24-22(25-12-10-20-17-30-23(27-20)28-13-4-5-14-28)26-19-11-15-29(16-19)21-8-6-18(2)7-9-21/h6-9,17,19H,3-5,10-16H2,1-2H3,(H2,24,25,26). The smallest absolute Gasteiger partial charge is 0.191 e. The number of aromatic nitrogens is 1. The summed E-state index contributed by atoms with van der Waals surface area (Å²) in [7, 11) is 0. The molecule has 6 nitrogen and oxygen atoms in total. The third-order valence-corrected chi connectivity index (χ3v) is 6.78. The lowest BCUT2D eigenvalue weighted by atomic mass is 10.2. The fraction of sp³-hybridized carbons (Fsp3) is 0.565. The Balaban J connectivity index is 1.28. The van der Waals surface area contributed by atoms with E-state index in [2.05, 4.69) is 63.9 Å². The Bertz CT molecular complexity index is 824. The van der Waals surface area contributed by atoms with Crippen molar-refractivity contribution < 1.29 is 0 Å². The Morgan fingerprint density at radius 2 is 1.97 bits per heavy atom. The molecule has 0 aliphatic carbocycles. The highest BCUT2D eigenvalue weighted by atomic mass is 32.1. The minimum absolute atomic E-state index is 0.421. The zero-order chi connectivity index (χ0) is 20.8. The lowest BCUT2D eigenvalue weighted by Crippen LogP contribution is -2.44. The number of nitrogens with one attached hydrogen (secondary N) is 2. The van der Waals surface area contributed by atoms with Gasteiger partial charge in [0.25, 0.3) is 0 Å². The van der Waals surface area contributed by atoms with Gasteiger partial charge < -0.3 is 20.4 Å². The van der Waals surface area contributed by atoms with E-state index in [1.54, 1.807) is 11.3 Å². The summed E-state index contributed by atoms with van der Waals surface area (Å²) in [5, 5.41) is 10.4. The van der Waals surface area contributed by atoms with Crippen LogP contribution in [0, 0.1) is 6.92 Å². The lowest BCUT2D eigenvalue weighted by Gasteiger charge is -2.20. The van der Waals surface area contributed by atoms with Crippen LogP contribution in [-0.4, -0.2) is 56.3 Å². The molecular formula is C23H34N6S. The first-order valence-electron chi connectivity index (χ1n) is 11.3.